The summed E-state index contributed by atoms with van der Waals surface area (Å²) in [5.41, 5.74) is 0.871. The van der Waals surface area contributed by atoms with Crippen molar-refractivity contribution >= 4 is 10.0 Å². The van der Waals surface area contributed by atoms with E-state index in [4.69, 9.17) is 4.74 Å². The van der Waals surface area contributed by atoms with Crippen LogP contribution in [0.4, 0.5) is 0 Å². The summed E-state index contributed by atoms with van der Waals surface area (Å²) in [4.78, 5) is 0.194. The monoisotopic (exact) mass is 329 g/mol. The van der Waals surface area contributed by atoms with Crippen molar-refractivity contribution < 1.29 is 18.3 Å². The zero-order valence-electron chi connectivity index (χ0n) is 13.8. The quantitative estimate of drug-likeness (QED) is 0.683. The van der Waals surface area contributed by atoms with Crippen LogP contribution in [0.5, 0.6) is 5.75 Å². The first kappa shape index (κ1) is 18.9. The largest absolute Gasteiger partial charge is 0.493 e. The number of hydrogen-bond donors (Lipinski definition) is 2. The molecular weight excluding hydrogens is 302 g/mol. The predicted octanol–water partition coefficient (Wildman–Crippen LogP) is 2.65. The first-order valence-corrected chi connectivity index (χ1v) is 9.20. The van der Waals surface area contributed by atoms with Crippen LogP contribution in [0, 0.1) is 0 Å². The van der Waals surface area contributed by atoms with E-state index >= 15 is 0 Å². The van der Waals surface area contributed by atoms with Crippen molar-refractivity contribution in [1.29, 1.82) is 0 Å². The average Bonchev–Trinajstić information content (AvgIpc) is 2.45. The highest BCUT2D eigenvalue weighted by atomic mass is 32.2. The molecule has 1 aromatic carbocycles. The smallest absolute Gasteiger partial charge is 0.240 e. The van der Waals surface area contributed by atoms with E-state index in [9.17, 15) is 13.5 Å². The summed E-state index contributed by atoms with van der Waals surface area (Å²) in [6.07, 6.45) is 1.29. The molecule has 0 unspecified atom stereocenters. The predicted molar refractivity (Wildman–Crippen MR) is 87.8 cm³/mol. The molecule has 2 N–H and O–H groups in total. The maximum absolute atomic E-state index is 12.2. The Morgan fingerprint density at radius 1 is 1.27 bits per heavy atom. The van der Waals surface area contributed by atoms with Crippen LogP contribution in [0.3, 0.4) is 0 Å². The minimum atomic E-state index is -3.62. The molecule has 0 bridgehead atoms. The number of rotatable bonds is 9. The number of benzene rings is 1. The molecule has 0 radical (unpaired) electrons. The molecule has 126 valence electrons. The SMILES string of the molecule is CCCCOc1ccc(S(=O)(=O)NC[C@H](C)O)cc1C(C)C. The number of ether oxygens (including phenoxy) is 1. The van der Waals surface area contributed by atoms with Gasteiger partial charge in [0.2, 0.25) is 10.0 Å². The van der Waals surface area contributed by atoms with Crippen molar-refractivity contribution in [2.45, 2.75) is 57.5 Å². The molecule has 0 aliphatic rings. The van der Waals surface area contributed by atoms with Crippen LogP contribution in [0.15, 0.2) is 23.1 Å². The summed E-state index contributed by atoms with van der Waals surface area (Å²) in [6.45, 7) is 8.25. The average molecular weight is 329 g/mol. The van der Waals surface area contributed by atoms with Crippen LogP contribution in [-0.2, 0) is 10.0 Å². The highest BCUT2D eigenvalue weighted by Crippen LogP contribution is 2.29. The van der Waals surface area contributed by atoms with Gasteiger partial charge in [0.15, 0.2) is 0 Å². The second-order valence-electron chi connectivity index (χ2n) is 5.76. The lowest BCUT2D eigenvalue weighted by Gasteiger charge is -2.16. The number of aliphatic hydroxyl groups is 1. The molecule has 0 amide bonds. The lowest BCUT2D eigenvalue weighted by molar-refractivity contribution is 0.198. The van der Waals surface area contributed by atoms with Gasteiger partial charge in [0.1, 0.15) is 5.75 Å². The number of hydrogen-bond acceptors (Lipinski definition) is 4. The maximum atomic E-state index is 12.2. The number of sulfonamides is 1. The van der Waals surface area contributed by atoms with E-state index < -0.39 is 16.1 Å². The molecule has 1 aromatic rings. The molecule has 1 atom stereocenters. The third-order valence-electron chi connectivity index (χ3n) is 3.24. The van der Waals surface area contributed by atoms with E-state index in [2.05, 4.69) is 11.6 Å². The van der Waals surface area contributed by atoms with Gasteiger partial charge < -0.3 is 9.84 Å². The second-order valence-corrected chi connectivity index (χ2v) is 7.52. The van der Waals surface area contributed by atoms with Gasteiger partial charge in [-0.3, -0.25) is 0 Å². The minimum Gasteiger partial charge on any atom is -0.493 e. The Morgan fingerprint density at radius 3 is 2.50 bits per heavy atom. The Hall–Kier alpha value is -1.11. The fraction of sp³-hybridized carbons (Fsp3) is 0.625. The molecule has 0 aliphatic heterocycles. The van der Waals surface area contributed by atoms with E-state index in [0.717, 1.165) is 24.2 Å². The van der Waals surface area contributed by atoms with Gasteiger partial charge in [0.25, 0.3) is 0 Å². The minimum absolute atomic E-state index is 0.00586. The lowest BCUT2D eigenvalue weighted by atomic mass is 10.0. The van der Waals surface area contributed by atoms with Crippen molar-refractivity contribution in [3.63, 3.8) is 0 Å². The van der Waals surface area contributed by atoms with Crippen molar-refractivity contribution in [1.82, 2.24) is 4.72 Å². The normalized spacial score (nSPS) is 13.4. The summed E-state index contributed by atoms with van der Waals surface area (Å²) in [5.74, 6) is 0.890. The molecule has 6 heteroatoms. The van der Waals surface area contributed by atoms with Crippen LogP contribution in [0.1, 0.15) is 52.0 Å². The standard InChI is InChI=1S/C16H27NO4S/c1-5-6-9-21-16-8-7-14(10-15(16)12(2)3)22(19,20)17-11-13(4)18/h7-8,10,12-13,17-18H,5-6,9,11H2,1-4H3/t13-/m0/s1. The van der Waals surface area contributed by atoms with E-state index in [-0.39, 0.29) is 17.4 Å². The Labute approximate surface area is 133 Å². The molecule has 22 heavy (non-hydrogen) atoms. The zero-order chi connectivity index (χ0) is 16.8. The highest BCUT2D eigenvalue weighted by Gasteiger charge is 2.18. The first-order valence-electron chi connectivity index (χ1n) is 7.72. The number of aliphatic hydroxyl groups excluding tert-OH is 1. The maximum Gasteiger partial charge on any atom is 0.240 e. The Morgan fingerprint density at radius 2 is 1.95 bits per heavy atom. The van der Waals surface area contributed by atoms with E-state index in [0.29, 0.717) is 6.61 Å². The Balaban J connectivity index is 3.01. The van der Waals surface area contributed by atoms with Crippen LogP contribution < -0.4 is 9.46 Å². The van der Waals surface area contributed by atoms with E-state index in [1.54, 1.807) is 12.1 Å². The molecule has 5 nitrogen and oxygen atoms in total. The molecule has 0 saturated heterocycles. The van der Waals surface area contributed by atoms with Gasteiger partial charge in [0.05, 0.1) is 17.6 Å². The third kappa shape index (κ3) is 5.59. The van der Waals surface area contributed by atoms with Gasteiger partial charge in [-0.05, 0) is 43.0 Å². The molecule has 0 saturated carbocycles. The lowest BCUT2D eigenvalue weighted by Crippen LogP contribution is -2.30. The van der Waals surface area contributed by atoms with Crippen LogP contribution in [0.25, 0.3) is 0 Å². The van der Waals surface area contributed by atoms with E-state index in [1.165, 1.54) is 13.0 Å². The van der Waals surface area contributed by atoms with Crippen LogP contribution in [0.2, 0.25) is 0 Å². The van der Waals surface area contributed by atoms with Crippen molar-refractivity contribution in [3.8, 4) is 5.75 Å². The summed E-state index contributed by atoms with van der Waals surface area (Å²) in [5, 5.41) is 9.22. The Kier molecular flexibility index (Phi) is 7.32. The molecule has 1 rings (SSSR count). The topological polar surface area (TPSA) is 75.6 Å². The van der Waals surface area contributed by atoms with Gasteiger partial charge in [0, 0.05) is 6.54 Å². The van der Waals surface area contributed by atoms with Crippen LogP contribution >= 0.6 is 0 Å². The summed E-state index contributed by atoms with van der Waals surface area (Å²) in [7, 11) is -3.62. The van der Waals surface area contributed by atoms with E-state index in [1.807, 2.05) is 13.8 Å². The van der Waals surface area contributed by atoms with Gasteiger partial charge in [-0.15, -0.1) is 0 Å². The fourth-order valence-corrected chi connectivity index (χ4v) is 3.07. The summed E-state index contributed by atoms with van der Waals surface area (Å²) in [6, 6.07) is 4.90. The third-order valence-corrected chi connectivity index (χ3v) is 4.66. The van der Waals surface area contributed by atoms with Gasteiger partial charge in [-0.25, -0.2) is 13.1 Å². The van der Waals surface area contributed by atoms with Gasteiger partial charge >= 0.3 is 0 Å². The van der Waals surface area contributed by atoms with Gasteiger partial charge in [-0.2, -0.15) is 0 Å². The van der Waals surface area contributed by atoms with Gasteiger partial charge in [-0.1, -0.05) is 27.2 Å². The summed E-state index contributed by atoms with van der Waals surface area (Å²) < 4.78 is 32.6. The fourth-order valence-electron chi connectivity index (χ4n) is 1.92. The highest BCUT2D eigenvalue weighted by molar-refractivity contribution is 7.89. The molecule has 0 heterocycles. The van der Waals surface area contributed by atoms with Crippen molar-refractivity contribution in [2.24, 2.45) is 0 Å². The number of nitrogens with one attached hydrogen (secondary N) is 1. The molecule has 0 fully saturated rings. The summed E-state index contributed by atoms with van der Waals surface area (Å²) >= 11 is 0. The molecular formula is C16H27NO4S. The molecule has 0 aliphatic carbocycles. The molecule has 0 aromatic heterocycles. The zero-order valence-corrected chi connectivity index (χ0v) is 14.6. The Bertz CT molecular complexity index is 568. The number of unbranched alkanes of at least 4 members (excludes halogenated alkanes) is 1. The first-order chi connectivity index (χ1) is 10.3. The van der Waals surface area contributed by atoms with Crippen molar-refractivity contribution in [2.75, 3.05) is 13.2 Å². The molecule has 0 spiro atoms. The van der Waals surface area contributed by atoms with Crippen molar-refractivity contribution in [3.05, 3.63) is 23.8 Å². The van der Waals surface area contributed by atoms with Crippen LogP contribution in [-0.4, -0.2) is 32.8 Å². The second kappa shape index (κ2) is 8.50.